The highest BCUT2D eigenvalue weighted by molar-refractivity contribution is 5.48. The van der Waals surface area contributed by atoms with Crippen LogP contribution >= 0.6 is 0 Å². The van der Waals surface area contributed by atoms with E-state index in [-0.39, 0.29) is 0 Å². The van der Waals surface area contributed by atoms with Crippen LogP contribution in [0.4, 0.5) is 5.69 Å². The monoisotopic (exact) mass is 267 g/mol. The first-order valence-corrected chi connectivity index (χ1v) is 7.78. The number of nitriles is 1. The molecule has 4 aliphatic rings. The minimum Gasteiger partial charge on any atom is -0.321 e. The lowest BCUT2D eigenvalue weighted by atomic mass is 9.53. The normalized spacial score (nSPS) is 37.6. The lowest BCUT2D eigenvalue weighted by Gasteiger charge is -2.57. The number of hydrazine groups is 1. The molecule has 1 aromatic rings. The van der Waals surface area contributed by atoms with E-state index in [0.717, 1.165) is 23.4 Å². The molecule has 20 heavy (non-hydrogen) atoms. The van der Waals surface area contributed by atoms with E-state index in [1.807, 2.05) is 24.3 Å². The lowest BCUT2D eigenvalue weighted by Crippen LogP contribution is -2.59. The first kappa shape index (κ1) is 12.2. The highest BCUT2D eigenvalue weighted by atomic mass is 15.4. The molecule has 0 aliphatic heterocycles. The van der Waals surface area contributed by atoms with Crippen molar-refractivity contribution in [3.8, 4) is 6.07 Å². The van der Waals surface area contributed by atoms with Gasteiger partial charge in [0.15, 0.2) is 0 Å². The van der Waals surface area contributed by atoms with Crippen LogP contribution in [0.15, 0.2) is 24.3 Å². The standard InChI is InChI=1S/C17H21N3/c18-11-12-2-1-3-16(7-12)19-20-17-8-13-4-14(9-17)6-15(5-13)10-17/h1-3,7,13-15,19-20H,4-6,8-10H2. The number of benzene rings is 1. The van der Waals surface area contributed by atoms with Gasteiger partial charge >= 0.3 is 0 Å². The highest BCUT2D eigenvalue weighted by Crippen LogP contribution is 2.55. The van der Waals surface area contributed by atoms with Crippen molar-refractivity contribution in [2.24, 2.45) is 17.8 Å². The maximum Gasteiger partial charge on any atom is 0.0992 e. The maximum atomic E-state index is 8.96. The maximum absolute atomic E-state index is 8.96. The van der Waals surface area contributed by atoms with E-state index < -0.39 is 0 Å². The van der Waals surface area contributed by atoms with Crippen molar-refractivity contribution in [1.82, 2.24) is 5.43 Å². The Hall–Kier alpha value is -1.53. The molecule has 0 radical (unpaired) electrons. The molecule has 0 heterocycles. The van der Waals surface area contributed by atoms with Crippen molar-refractivity contribution >= 4 is 5.69 Å². The van der Waals surface area contributed by atoms with E-state index in [1.165, 1.54) is 38.5 Å². The average Bonchev–Trinajstić information content (AvgIpc) is 2.44. The summed E-state index contributed by atoms with van der Waals surface area (Å²) >= 11 is 0. The second-order valence-corrected chi connectivity index (χ2v) is 7.14. The number of nitrogens with zero attached hydrogens (tertiary/aromatic N) is 1. The molecule has 0 unspecified atom stereocenters. The molecule has 0 atom stereocenters. The highest BCUT2D eigenvalue weighted by Gasteiger charge is 2.50. The Morgan fingerprint density at radius 1 is 1.05 bits per heavy atom. The predicted octanol–water partition coefficient (Wildman–Crippen LogP) is 3.44. The summed E-state index contributed by atoms with van der Waals surface area (Å²) in [5.41, 5.74) is 9.02. The summed E-state index contributed by atoms with van der Waals surface area (Å²) in [6, 6.07) is 9.90. The van der Waals surface area contributed by atoms with Crippen molar-refractivity contribution in [1.29, 1.82) is 5.26 Å². The van der Waals surface area contributed by atoms with Gasteiger partial charge in [-0.1, -0.05) is 6.07 Å². The lowest BCUT2D eigenvalue weighted by molar-refractivity contribution is -0.0160. The Morgan fingerprint density at radius 3 is 2.30 bits per heavy atom. The minimum atomic E-state index is 0.303. The molecule has 1 aromatic carbocycles. The van der Waals surface area contributed by atoms with Crippen LogP contribution in [-0.4, -0.2) is 5.54 Å². The van der Waals surface area contributed by atoms with Gasteiger partial charge in [-0.3, -0.25) is 0 Å². The molecule has 4 aliphatic carbocycles. The van der Waals surface area contributed by atoms with Crippen molar-refractivity contribution in [3.63, 3.8) is 0 Å². The van der Waals surface area contributed by atoms with Gasteiger partial charge in [0.25, 0.3) is 0 Å². The molecule has 0 aromatic heterocycles. The largest absolute Gasteiger partial charge is 0.321 e. The summed E-state index contributed by atoms with van der Waals surface area (Å²) in [7, 11) is 0. The fraction of sp³-hybridized carbons (Fsp3) is 0.588. The van der Waals surface area contributed by atoms with Crippen LogP contribution in [0, 0.1) is 29.1 Å². The van der Waals surface area contributed by atoms with Gasteiger partial charge in [0.2, 0.25) is 0 Å². The molecule has 104 valence electrons. The van der Waals surface area contributed by atoms with E-state index in [1.54, 1.807) is 0 Å². The average molecular weight is 267 g/mol. The quantitative estimate of drug-likeness (QED) is 0.825. The molecule has 0 amide bonds. The zero-order valence-corrected chi connectivity index (χ0v) is 11.7. The Morgan fingerprint density at radius 2 is 1.70 bits per heavy atom. The van der Waals surface area contributed by atoms with Gasteiger partial charge in [-0.15, -0.1) is 0 Å². The van der Waals surface area contributed by atoms with Crippen molar-refractivity contribution in [2.45, 2.75) is 44.1 Å². The van der Waals surface area contributed by atoms with Gasteiger partial charge in [-0.2, -0.15) is 5.26 Å². The third-order valence-electron chi connectivity index (χ3n) is 5.50. The van der Waals surface area contributed by atoms with E-state index in [0.29, 0.717) is 11.1 Å². The molecular formula is C17H21N3. The Balaban J connectivity index is 1.48. The second-order valence-electron chi connectivity index (χ2n) is 7.14. The number of hydrogen-bond acceptors (Lipinski definition) is 3. The molecule has 3 nitrogen and oxygen atoms in total. The minimum absolute atomic E-state index is 0.303. The zero-order chi connectivity index (χ0) is 13.6. The summed E-state index contributed by atoms with van der Waals surface area (Å²) < 4.78 is 0. The number of anilines is 1. The predicted molar refractivity (Wildman–Crippen MR) is 78.8 cm³/mol. The van der Waals surface area contributed by atoms with Gasteiger partial charge in [-0.25, -0.2) is 5.43 Å². The van der Waals surface area contributed by atoms with Crippen LogP contribution in [0.1, 0.15) is 44.1 Å². The smallest absolute Gasteiger partial charge is 0.0992 e. The zero-order valence-electron chi connectivity index (χ0n) is 11.7. The number of hydrogen-bond donors (Lipinski definition) is 2. The summed E-state index contributed by atoms with van der Waals surface area (Å²) in [6.07, 6.45) is 8.36. The SMILES string of the molecule is N#Cc1cccc(NNC23CC4CC(CC(C4)C2)C3)c1. The Bertz CT molecular complexity index is 522. The van der Waals surface area contributed by atoms with Crippen LogP contribution in [0.5, 0.6) is 0 Å². The molecule has 4 bridgehead atoms. The number of nitrogens with one attached hydrogen (secondary N) is 2. The summed E-state index contributed by atoms with van der Waals surface area (Å²) in [5.74, 6) is 2.84. The second kappa shape index (κ2) is 4.49. The fourth-order valence-corrected chi connectivity index (χ4v) is 5.13. The summed E-state index contributed by atoms with van der Waals surface area (Å²) in [6.45, 7) is 0. The fourth-order valence-electron chi connectivity index (χ4n) is 5.13. The van der Waals surface area contributed by atoms with E-state index >= 15 is 0 Å². The molecule has 3 heteroatoms. The molecular weight excluding hydrogens is 246 g/mol. The van der Waals surface area contributed by atoms with Crippen LogP contribution in [0.2, 0.25) is 0 Å². The molecule has 4 saturated carbocycles. The Labute approximate surface area is 120 Å². The van der Waals surface area contributed by atoms with E-state index in [4.69, 9.17) is 5.26 Å². The molecule has 2 N–H and O–H groups in total. The van der Waals surface area contributed by atoms with Crippen LogP contribution in [-0.2, 0) is 0 Å². The van der Waals surface area contributed by atoms with Crippen LogP contribution in [0.3, 0.4) is 0 Å². The third-order valence-corrected chi connectivity index (χ3v) is 5.50. The first-order chi connectivity index (χ1) is 9.75. The van der Waals surface area contributed by atoms with E-state index in [2.05, 4.69) is 16.9 Å². The van der Waals surface area contributed by atoms with Gasteiger partial charge < -0.3 is 5.43 Å². The topological polar surface area (TPSA) is 47.9 Å². The van der Waals surface area contributed by atoms with E-state index in [9.17, 15) is 0 Å². The summed E-state index contributed by atoms with van der Waals surface area (Å²) in [5, 5.41) is 8.96. The van der Waals surface area contributed by atoms with Gasteiger partial charge in [-0.05, 0) is 74.5 Å². The van der Waals surface area contributed by atoms with Gasteiger partial charge in [0.05, 0.1) is 17.3 Å². The number of rotatable bonds is 3. The third kappa shape index (κ3) is 2.09. The van der Waals surface area contributed by atoms with Gasteiger partial charge in [0.1, 0.15) is 0 Å². The van der Waals surface area contributed by atoms with Crippen molar-refractivity contribution in [3.05, 3.63) is 29.8 Å². The van der Waals surface area contributed by atoms with Crippen LogP contribution < -0.4 is 10.9 Å². The molecule has 0 saturated heterocycles. The molecule has 0 spiro atoms. The molecule has 5 rings (SSSR count). The van der Waals surface area contributed by atoms with Gasteiger partial charge in [0, 0.05) is 5.54 Å². The first-order valence-electron chi connectivity index (χ1n) is 7.78. The summed E-state index contributed by atoms with van der Waals surface area (Å²) in [4.78, 5) is 0. The van der Waals surface area contributed by atoms with Crippen LogP contribution in [0.25, 0.3) is 0 Å². The Kier molecular flexibility index (Phi) is 2.75. The molecule has 4 fully saturated rings. The van der Waals surface area contributed by atoms with Crippen molar-refractivity contribution < 1.29 is 0 Å². The van der Waals surface area contributed by atoms with Crippen molar-refractivity contribution in [2.75, 3.05) is 5.43 Å².